The van der Waals surface area contributed by atoms with Crippen LogP contribution >= 0.6 is 15.9 Å². The maximum atomic E-state index is 12.6. The second kappa shape index (κ2) is 5.80. The Hall–Kier alpha value is -1.61. The van der Waals surface area contributed by atoms with Gasteiger partial charge in [-0.05, 0) is 71.6 Å². The molecule has 0 aliphatic heterocycles. The maximum Gasteiger partial charge on any atom is 0.259 e. The summed E-state index contributed by atoms with van der Waals surface area (Å²) in [4.78, 5) is 14.3. The van der Waals surface area contributed by atoms with Gasteiger partial charge in [0.1, 0.15) is 0 Å². The number of hydrogen-bond acceptors (Lipinski definition) is 1. The summed E-state index contributed by atoms with van der Waals surface area (Å²) in [6.07, 6.45) is 0. The Morgan fingerprint density at radius 2 is 1.65 bits per heavy atom. The van der Waals surface area contributed by atoms with Crippen molar-refractivity contribution < 1.29 is 4.79 Å². The van der Waals surface area contributed by atoms with E-state index in [2.05, 4.69) is 22.0 Å². The number of benzene rings is 2. The Kier molecular flexibility index (Phi) is 4.29. The van der Waals surface area contributed by atoms with E-state index in [0.717, 1.165) is 26.9 Å². The van der Waals surface area contributed by atoms with Gasteiger partial charge in [0.25, 0.3) is 5.91 Å². The van der Waals surface area contributed by atoms with Crippen molar-refractivity contribution in [3.8, 4) is 0 Å². The third kappa shape index (κ3) is 2.93. The molecule has 0 saturated carbocycles. The van der Waals surface area contributed by atoms with Crippen LogP contribution in [0, 0.1) is 20.8 Å². The molecular formula is C17H18BrNO. The van der Waals surface area contributed by atoms with E-state index in [1.165, 1.54) is 0 Å². The van der Waals surface area contributed by atoms with E-state index in [0.29, 0.717) is 5.56 Å². The summed E-state index contributed by atoms with van der Waals surface area (Å²) in [6, 6.07) is 11.9. The standard InChI is InChI=1S/C17H18BrNO/c1-11-8-12(2)10-14(9-11)19(4)17(20)15-7-5-6-13(3)16(15)18/h5-10H,1-4H3. The minimum Gasteiger partial charge on any atom is -0.311 e. The van der Waals surface area contributed by atoms with Crippen LogP contribution in [0.15, 0.2) is 40.9 Å². The Labute approximate surface area is 128 Å². The molecule has 0 bridgehead atoms. The van der Waals surface area contributed by atoms with Gasteiger partial charge in [-0.1, -0.05) is 18.2 Å². The third-order valence-electron chi connectivity index (χ3n) is 3.32. The van der Waals surface area contributed by atoms with Gasteiger partial charge in [-0.3, -0.25) is 4.79 Å². The van der Waals surface area contributed by atoms with E-state index in [9.17, 15) is 4.79 Å². The zero-order valence-corrected chi connectivity index (χ0v) is 13.8. The van der Waals surface area contributed by atoms with Gasteiger partial charge in [0.15, 0.2) is 0 Å². The second-order valence-corrected chi connectivity index (χ2v) is 5.94. The lowest BCUT2D eigenvalue weighted by Gasteiger charge is -2.20. The van der Waals surface area contributed by atoms with Crippen molar-refractivity contribution in [2.24, 2.45) is 0 Å². The van der Waals surface area contributed by atoms with Crippen LogP contribution in [0.1, 0.15) is 27.0 Å². The zero-order chi connectivity index (χ0) is 14.9. The number of aryl methyl sites for hydroxylation is 3. The van der Waals surface area contributed by atoms with Crippen LogP contribution in [-0.2, 0) is 0 Å². The highest BCUT2D eigenvalue weighted by molar-refractivity contribution is 9.10. The molecule has 1 amide bonds. The van der Waals surface area contributed by atoms with Crippen LogP contribution < -0.4 is 4.90 Å². The van der Waals surface area contributed by atoms with E-state index in [1.807, 2.05) is 58.2 Å². The smallest absolute Gasteiger partial charge is 0.259 e. The van der Waals surface area contributed by atoms with Crippen LogP contribution in [0.4, 0.5) is 5.69 Å². The summed E-state index contributed by atoms with van der Waals surface area (Å²) >= 11 is 3.50. The average molecular weight is 332 g/mol. The Morgan fingerprint density at radius 3 is 2.25 bits per heavy atom. The highest BCUT2D eigenvalue weighted by Crippen LogP contribution is 2.25. The predicted octanol–water partition coefficient (Wildman–Crippen LogP) is 4.65. The Balaban J connectivity index is 2.40. The topological polar surface area (TPSA) is 20.3 Å². The fraction of sp³-hybridized carbons (Fsp3) is 0.235. The number of hydrogen-bond donors (Lipinski definition) is 0. The molecule has 2 nitrogen and oxygen atoms in total. The van der Waals surface area contributed by atoms with Gasteiger partial charge in [-0.2, -0.15) is 0 Å². The Bertz CT molecular complexity index is 644. The molecule has 0 aliphatic carbocycles. The first-order valence-corrected chi connectivity index (χ1v) is 7.31. The van der Waals surface area contributed by atoms with Crippen LogP contribution in [0.2, 0.25) is 0 Å². The van der Waals surface area contributed by atoms with E-state index < -0.39 is 0 Å². The van der Waals surface area contributed by atoms with Crippen LogP contribution in [0.3, 0.4) is 0 Å². The SMILES string of the molecule is Cc1cc(C)cc(N(C)C(=O)c2cccc(C)c2Br)c1. The van der Waals surface area contributed by atoms with E-state index in [4.69, 9.17) is 0 Å². The number of halogens is 1. The lowest BCUT2D eigenvalue weighted by molar-refractivity contribution is 0.0992. The van der Waals surface area contributed by atoms with Gasteiger partial charge < -0.3 is 4.90 Å². The molecule has 0 atom stereocenters. The summed E-state index contributed by atoms with van der Waals surface area (Å²) in [5, 5.41) is 0. The first-order chi connectivity index (χ1) is 9.40. The summed E-state index contributed by atoms with van der Waals surface area (Å²) in [7, 11) is 1.81. The monoisotopic (exact) mass is 331 g/mol. The molecular weight excluding hydrogens is 314 g/mol. The summed E-state index contributed by atoms with van der Waals surface area (Å²) in [5.41, 5.74) is 4.98. The summed E-state index contributed by atoms with van der Waals surface area (Å²) in [6.45, 7) is 6.06. The molecule has 2 rings (SSSR count). The molecule has 0 unspecified atom stereocenters. The maximum absolute atomic E-state index is 12.6. The van der Waals surface area contributed by atoms with E-state index in [1.54, 1.807) is 4.90 Å². The van der Waals surface area contributed by atoms with Gasteiger partial charge in [0.2, 0.25) is 0 Å². The fourth-order valence-electron chi connectivity index (χ4n) is 2.25. The fourth-order valence-corrected chi connectivity index (χ4v) is 2.69. The highest BCUT2D eigenvalue weighted by atomic mass is 79.9. The number of rotatable bonds is 2. The average Bonchev–Trinajstić information content (AvgIpc) is 2.39. The summed E-state index contributed by atoms with van der Waals surface area (Å²) in [5.74, 6) is -0.00873. The van der Waals surface area contributed by atoms with Crippen molar-refractivity contribution in [3.63, 3.8) is 0 Å². The number of carbonyl (C=O) groups is 1. The van der Waals surface area contributed by atoms with Crippen LogP contribution in [-0.4, -0.2) is 13.0 Å². The van der Waals surface area contributed by atoms with Gasteiger partial charge in [-0.15, -0.1) is 0 Å². The number of anilines is 1. The highest BCUT2D eigenvalue weighted by Gasteiger charge is 2.17. The molecule has 0 aliphatic rings. The van der Waals surface area contributed by atoms with Crippen molar-refractivity contribution in [2.75, 3.05) is 11.9 Å². The van der Waals surface area contributed by atoms with Gasteiger partial charge >= 0.3 is 0 Å². The molecule has 0 spiro atoms. The molecule has 3 heteroatoms. The van der Waals surface area contributed by atoms with Crippen molar-refractivity contribution in [2.45, 2.75) is 20.8 Å². The predicted molar refractivity (Wildman–Crippen MR) is 87.5 cm³/mol. The number of carbonyl (C=O) groups excluding carboxylic acids is 1. The van der Waals surface area contributed by atoms with Crippen molar-refractivity contribution in [3.05, 3.63) is 63.1 Å². The first-order valence-electron chi connectivity index (χ1n) is 6.51. The van der Waals surface area contributed by atoms with Crippen LogP contribution in [0.5, 0.6) is 0 Å². The minimum atomic E-state index is -0.00873. The largest absolute Gasteiger partial charge is 0.311 e. The lowest BCUT2D eigenvalue weighted by Crippen LogP contribution is -2.26. The van der Waals surface area contributed by atoms with Crippen molar-refractivity contribution >= 4 is 27.5 Å². The normalized spacial score (nSPS) is 10.4. The number of amides is 1. The quantitative estimate of drug-likeness (QED) is 0.784. The molecule has 104 valence electrons. The summed E-state index contributed by atoms with van der Waals surface area (Å²) < 4.78 is 0.862. The molecule has 0 radical (unpaired) electrons. The molecule has 0 saturated heterocycles. The third-order valence-corrected chi connectivity index (χ3v) is 4.37. The zero-order valence-electron chi connectivity index (χ0n) is 12.2. The van der Waals surface area contributed by atoms with Crippen LogP contribution in [0.25, 0.3) is 0 Å². The van der Waals surface area contributed by atoms with Gasteiger partial charge in [0, 0.05) is 17.2 Å². The van der Waals surface area contributed by atoms with E-state index >= 15 is 0 Å². The number of nitrogens with zero attached hydrogens (tertiary/aromatic N) is 1. The lowest BCUT2D eigenvalue weighted by atomic mass is 10.1. The van der Waals surface area contributed by atoms with E-state index in [-0.39, 0.29) is 5.91 Å². The Morgan fingerprint density at radius 1 is 1.05 bits per heavy atom. The first kappa shape index (κ1) is 14.8. The van der Waals surface area contributed by atoms with Crippen molar-refractivity contribution in [1.82, 2.24) is 0 Å². The minimum absolute atomic E-state index is 0.00873. The second-order valence-electron chi connectivity index (χ2n) is 5.15. The van der Waals surface area contributed by atoms with Crippen molar-refractivity contribution in [1.29, 1.82) is 0 Å². The molecule has 2 aromatic carbocycles. The molecule has 0 heterocycles. The van der Waals surface area contributed by atoms with Gasteiger partial charge in [0.05, 0.1) is 5.56 Å². The van der Waals surface area contributed by atoms with Gasteiger partial charge in [-0.25, -0.2) is 0 Å². The molecule has 0 fully saturated rings. The molecule has 0 N–H and O–H groups in total. The molecule has 20 heavy (non-hydrogen) atoms. The molecule has 0 aromatic heterocycles. The molecule has 2 aromatic rings.